The van der Waals surface area contributed by atoms with E-state index in [1.165, 1.54) is 47.7 Å². The van der Waals surface area contributed by atoms with Gasteiger partial charge in [-0.2, -0.15) is 0 Å². The number of aryl methyl sites for hydroxylation is 1. The zero-order valence-electron chi connectivity index (χ0n) is 12.3. The summed E-state index contributed by atoms with van der Waals surface area (Å²) < 4.78 is 1.22. The lowest BCUT2D eigenvalue weighted by Gasteiger charge is -2.14. The Morgan fingerprint density at radius 2 is 1.68 bits per heavy atom. The lowest BCUT2D eigenvalue weighted by molar-refractivity contribution is 0.162. The highest BCUT2D eigenvalue weighted by Crippen LogP contribution is 2.26. The summed E-state index contributed by atoms with van der Waals surface area (Å²) in [5, 5.41) is 10.3. The fraction of sp³-hybridized carbons (Fsp3) is 0.647. The summed E-state index contributed by atoms with van der Waals surface area (Å²) >= 11 is 2.34. The van der Waals surface area contributed by atoms with Crippen LogP contribution in [0.5, 0.6) is 0 Å². The molecule has 0 amide bonds. The van der Waals surface area contributed by atoms with Crippen molar-refractivity contribution in [3.05, 3.63) is 32.9 Å². The van der Waals surface area contributed by atoms with Crippen LogP contribution in [0.4, 0.5) is 0 Å². The second-order valence-electron chi connectivity index (χ2n) is 5.40. The first-order valence-corrected chi connectivity index (χ1v) is 8.67. The molecule has 0 saturated heterocycles. The van der Waals surface area contributed by atoms with E-state index in [1.807, 2.05) is 6.07 Å². The highest BCUT2D eigenvalue weighted by atomic mass is 127. The first-order valence-electron chi connectivity index (χ1n) is 7.60. The fourth-order valence-corrected chi connectivity index (χ4v) is 3.10. The van der Waals surface area contributed by atoms with Crippen LogP contribution < -0.4 is 0 Å². The lowest BCUT2D eigenvalue weighted by Crippen LogP contribution is -2.01. The highest BCUT2D eigenvalue weighted by molar-refractivity contribution is 14.1. The summed E-state index contributed by atoms with van der Waals surface area (Å²) in [4.78, 5) is 0. The van der Waals surface area contributed by atoms with Gasteiger partial charge in [-0.3, -0.25) is 0 Å². The SMILES string of the molecule is CCCCCCCCCC(O)c1cccc(C)c1I. The number of halogens is 1. The van der Waals surface area contributed by atoms with E-state index in [0.29, 0.717) is 0 Å². The smallest absolute Gasteiger partial charge is 0.0800 e. The number of rotatable bonds is 9. The normalized spacial score (nSPS) is 12.6. The molecular formula is C17H27IO. The maximum atomic E-state index is 10.3. The molecule has 0 heterocycles. The minimum Gasteiger partial charge on any atom is -0.388 e. The van der Waals surface area contributed by atoms with Crippen molar-refractivity contribution in [2.75, 3.05) is 0 Å². The zero-order valence-corrected chi connectivity index (χ0v) is 14.4. The summed E-state index contributed by atoms with van der Waals surface area (Å²) in [5.41, 5.74) is 2.36. The van der Waals surface area contributed by atoms with Crippen molar-refractivity contribution >= 4 is 22.6 Å². The van der Waals surface area contributed by atoms with Crippen LogP contribution in [-0.2, 0) is 0 Å². The molecule has 2 heteroatoms. The van der Waals surface area contributed by atoms with Gasteiger partial charge in [0.25, 0.3) is 0 Å². The van der Waals surface area contributed by atoms with E-state index in [2.05, 4.69) is 48.6 Å². The Morgan fingerprint density at radius 1 is 1.05 bits per heavy atom. The number of aliphatic hydroxyl groups is 1. The van der Waals surface area contributed by atoms with Crippen molar-refractivity contribution in [1.82, 2.24) is 0 Å². The van der Waals surface area contributed by atoms with E-state index in [0.717, 1.165) is 18.4 Å². The summed E-state index contributed by atoms with van der Waals surface area (Å²) in [6.45, 7) is 4.35. The van der Waals surface area contributed by atoms with Gasteiger partial charge in [0.15, 0.2) is 0 Å². The van der Waals surface area contributed by atoms with E-state index in [1.54, 1.807) is 0 Å². The summed E-state index contributed by atoms with van der Waals surface area (Å²) in [6, 6.07) is 6.20. The molecule has 1 aromatic carbocycles. The molecule has 0 aliphatic rings. The van der Waals surface area contributed by atoms with Crippen molar-refractivity contribution < 1.29 is 5.11 Å². The second-order valence-corrected chi connectivity index (χ2v) is 6.48. The maximum absolute atomic E-state index is 10.3. The molecule has 1 atom stereocenters. The first-order chi connectivity index (χ1) is 9.16. The zero-order chi connectivity index (χ0) is 14.1. The minimum absolute atomic E-state index is 0.289. The molecule has 0 bridgehead atoms. The van der Waals surface area contributed by atoms with Crippen LogP contribution in [0.2, 0.25) is 0 Å². The molecule has 0 spiro atoms. The Morgan fingerprint density at radius 3 is 2.37 bits per heavy atom. The van der Waals surface area contributed by atoms with E-state index in [9.17, 15) is 5.11 Å². The standard InChI is InChI=1S/C17H27IO/c1-3-4-5-6-7-8-9-13-16(19)15-12-10-11-14(2)17(15)18/h10-12,16,19H,3-9,13H2,1-2H3. The molecular weight excluding hydrogens is 347 g/mol. The van der Waals surface area contributed by atoms with Gasteiger partial charge in [-0.25, -0.2) is 0 Å². The van der Waals surface area contributed by atoms with Gasteiger partial charge in [0.05, 0.1) is 6.10 Å². The van der Waals surface area contributed by atoms with Crippen molar-refractivity contribution in [3.8, 4) is 0 Å². The van der Waals surface area contributed by atoms with E-state index < -0.39 is 0 Å². The van der Waals surface area contributed by atoms with E-state index in [4.69, 9.17) is 0 Å². The van der Waals surface area contributed by atoms with Gasteiger partial charge in [0.2, 0.25) is 0 Å². The van der Waals surface area contributed by atoms with E-state index in [-0.39, 0.29) is 6.10 Å². The highest BCUT2D eigenvalue weighted by Gasteiger charge is 2.11. The number of aliphatic hydroxyl groups excluding tert-OH is 1. The van der Waals surface area contributed by atoms with Crippen LogP contribution in [0.15, 0.2) is 18.2 Å². The quantitative estimate of drug-likeness (QED) is 0.430. The van der Waals surface area contributed by atoms with E-state index >= 15 is 0 Å². The molecule has 19 heavy (non-hydrogen) atoms. The van der Waals surface area contributed by atoms with Crippen LogP contribution >= 0.6 is 22.6 Å². The third kappa shape index (κ3) is 6.26. The summed E-state index contributed by atoms with van der Waals surface area (Å²) in [7, 11) is 0. The van der Waals surface area contributed by atoms with Crippen LogP contribution in [0.3, 0.4) is 0 Å². The minimum atomic E-state index is -0.289. The van der Waals surface area contributed by atoms with Crippen LogP contribution in [0.1, 0.15) is 75.5 Å². The molecule has 0 radical (unpaired) electrons. The molecule has 1 unspecified atom stereocenters. The third-order valence-corrected chi connectivity index (χ3v) is 5.14. The van der Waals surface area contributed by atoms with Gasteiger partial charge in [0.1, 0.15) is 0 Å². The molecule has 108 valence electrons. The first kappa shape index (κ1) is 17.0. The summed E-state index contributed by atoms with van der Waals surface area (Å²) in [6.07, 6.45) is 9.71. The molecule has 0 aliphatic carbocycles. The number of benzene rings is 1. The molecule has 0 saturated carbocycles. The Balaban J connectivity index is 2.24. The number of unbranched alkanes of at least 4 members (excludes halogenated alkanes) is 6. The van der Waals surface area contributed by atoms with Crippen molar-refractivity contribution in [2.24, 2.45) is 0 Å². The molecule has 1 nitrogen and oxygen atoms in total. The van der Waals surface area contributed by atoms with Gasteiger partial charge in [-0.1, -0.05) is 70.1 Å². The topological polar surface area (TPSA) is 20.2 Å². The van der Waals surface area contributed by atoms with Crippen molar-refractivity contribution in [3.63, 3.8) is 0 Å². The van der Waals surface area contributed by atoms with Gasteiger partial charge in [-0.05, 0) is 47.1 Å². The average Bonchev–Trinajstić information content (AvgIpc) is 2.40. The fourth-order valence-electron chi connectivity index (χ4n) is 2.38. The van der Waals surface area contributed by atoms with Crippen molar-refractivity contribution in [2.45, 2.75) is 71.3 Å². The average molecular weight is 374 g/mol. The van der Waals surface area contributed by atoms with Crippen LogP contribution in [-0.4, -0.2) is 5.11 Å². The Hall–Kier alpha value is -0.0900. The maximum Gasteiger partial charge on any atom is 0.0800 e. The largest absolute Gasteiger partial charge is 0.388 e. The van der Waals surface area contributed by atoms with Gasteiger partial charge >= 0.3 is 0 Å². The molecule has 0 aromatic heterocycles. The summed E-state index contributed by atoms with van der Waals surface area (Å²) in [5.74, 6) is 0. The molecule has 0 fully saturated rings. The Bertz CT molecular complexity index is 362. The van der Waals surface area contributed by atoms with Crippen LogP contribution in [0.25, 0.3) is 0 Å². The molecule has 1 rings (SSSR count). The number of hydrogen-bond donors (Lipinski definition) is 1. The molecule has 1 aromatic rings. The predicted octanol–water partition coefficient (Wildman–Crippen LogP) is 5.77. The number of hydrogen-bond acceptors (Lipinski definition) is 1. The van der Waals surface area contributed by atoms with Crippen molar-refractivity contribution in [1.29, 1.82) is 0 Å². The monoisotopic (exact) mass is 374 g/mol. The Kier molecular flexibility index (Phi) is 8.71. The lowest BCUT2D eigenvalue weighted by atomic mass is 10.0. The van der Waals surface area contributed by atoms with Gasteiger partial charge in [0, 0.05) is 3.57 Å². The van der Waals surface area contributed by atoms with Gasteiger partial charge in [-0.15, -0.1) is 0 Å². The predicted molar refractivity (Wildman–Crippen MR) is 91.5 cm³/mol. The third-order valence-electron chi connectivity index (χ3n) is 3.66. The molecule has 0 aliphatic heterocycles. The van der Waals surface area contributed by atoms with Gasteiger partial charge < -0.3 is 5.11 Å². The van der Waals surface area contributed by atoms with Crippen LogP contribution in [0, 0.1) is 10.5 Å². The Labute approximate surface area is 132 Å². The molecule has 1 N–H and O–H groups in total. The second kappa shape index (κ2) is 9.76.